The van der Waals surface area contributed by atoms with Crippen molar-refractivity contribution in [3.8, 4) is 0 Å². The van der Waals surface area contributed by atoms with E-state index in [1.807, 2.05) is 25.7 Å². The zero-order valence-corrected chi connectivity index (χ0v) is 13.9. The monoisotopic (exact) mass is 285 g/mol. The number of amides is 2. The molecule has 1 fully saturated rings. The Morgan fingerprint density at radius 1 is 1.50 bits per heavy atom. The van der Waals surface area contributed by atoms with Gasteiger partial charge in [0.05, 0.1) is 5.60 Å². The molecule has 0 spiro atoms. The Labute approximate surface area is 123 Å². The van der Waals surface area contributed by atoms with Crippen molar-refractivity contribution in [3.63, 3.8) is 0 Å². The fourth-order valence-electron chi connectivity index (χ4n) is 2.73. The number of carbonyl (C=O) groups excluding carboxylic acids is 1. The second-order valence-corrected chi connectivity index (χ2v) is 6.72. The molecule has 1 aliphatic rings. The number of likely N-dealkylation sites (tertiary alicyclic amines) is 1. The van der Waals surface area contributed by atoms with Crippen molar-refractivity contribution >= 4 is 6.03 Å². The molecule has 1 rings (SSSR count). The third kappa shape index (κ3) is 5.29. The highest BCUT2D eigenvalue weighted by Crippen LogP contribution is 2.17. The van der Waals surface area contributed by atoms with Crippen LogP contribution in [0.25, 0.3) is 0 Å². The lowest BCUT2D eigenvalue weighted by atomic mass is 10.00. The Hall–Kier alpha value is -0.810. The molecule has 0 bridgehead atoms. The smallest absolute Gasteiger partial charge is 0.317 e. The number of hydrogen-bond donors (Lipinski definition) is 1. The highest BCUT2D eigenvalue weighted by Gasteiger charge is 2.27. The van der Waals surface area contributed by atoms with Gasteiger partial charge in [0.25, 0.3) is 0 Å². The quantitative estimate of drug-likeness (QED) is 0.839. The van der Waals surface area contributed by atoms with Gasteiger partial charge in [-0.1, -0.05) is 0 Å². The van der Waals surface area contributed by atoms with Gasteiger partial charge in [-0.05, 0) is 54.1 Å². The van der Waals surface area contributed by atoms with Gasteiger partial charge in [0.2, 0.25) is 0 Å². The molecule has 1 heterocycles. The molecule has 0 aromatic heterocycles. The van der Waals surface area contributed by atoms with Crippen LogP contribution in [0.15, 0.2) is 0 Å². The topological polar surface area (TPSA) is 44.8 Å². The van der Waals surface area contributed by atoms with Gasteiger partial charge in [0.1, 0.15) is 0 Å². The molecule has 0 saturated carbocycles. The number of ether oxygens (including phenoxy) is 1. The summed E-state index contributed by atoms with van der Waals surface area (Å²) in [5.41, 5.74) is -0.208. The van der Waals surface area contributed by atoms with Crippen molar-refractivity contribution in [2.45, 2.75) is 57.7 Å². The second-order valence-electron chi connectivity index (χ2n) is 6.72. The fourth-order valence-corrected chi connectivity index (χ4v) is 2.73. The van der Waals surface area contributed by atoms with E-state index < -0.39 is 0 Å². The highest BCUT2D eigenvalue weighted by atomic mass is 16.5. The van der Waals surface area contributed by atoms with E-state index in [2.05, 4.69) is 24.3 Å². The molecule has 0 aromatic carbocycles. The highest BCUT2D eigenvalue weighted by molar-refractivity contribution is 5.74. The molecule has 1 aliphatic heterocycles. The minimum Gasteiger partial charge on any atom is -0.379 e. The number of rotatable bonds is 5. The summed E-state index contributed by atoms with van der Waals surface area (Å²) in [5, 5.41) is 3.09. The number of carbonyl (C=O) groups is 1. The molecule has 0 unspecified atom stereocenters. The average Bonchev–Trinajstić information content (AvgIpc) is 2.38. The van der Waals surface area contributed by atoms with Gasteiger partial charge in [-0.15, -0.1) is 0 Å². The van der Waals surface area contributed by atoms with Gasteiger partial charge >= 0.3 is 6.03 Å². The normalized spacial score (nSPS) is 21.9. The number of nitrogens with zero attached hydrogens (tertiary/aromatic N) is 2. The number of methoxy groups -OCH3 is 1. The molecule has 20 heavy (non-hydrogen) atoms. The number of hydrogen-bond acceptors (Lipinski definition) is 3. The van der Waals surface area contributed by atoms with Crippen LogP contribution in [-0.4, -0.2) is 67.8 Å². The first-order valence-electron chi connectivity index (χ1n) is 7.52. The maximum Gasteiger partial charge on any atom is 0.317 e. The van der Waals surface area contributed by atoms with Crippen LogP contribution in [0.1, 0.15) is 40.0 Å². The van der Waals surface area contributed by atoms with E-state index in [4.69, 9.17) is 4.74 Å². The largest absolute Gasteiger partial charge is 0.379 e. The third-order valence-corrected chi connectivity index (χ3v) is 4.13. The van der Waals surface area contributed by atoms with Crippen molar-refractivity contribution in [1.82, 2.24) is 15.1 Å². The van der Waals surface area contributed by atoms with Crippen molar-refractivity contribution in [2.75, 3.05) is 34.3 Å². The van der Waals surface area contributed by atoms with Crippen LogP contribution in [0.4, 0.5) is 4.79 Å². The van der Waals surface area contributed by atoms with Crippen molar-refractivity contribution in [1.29, 1.82) is 0 Å². The van der Waals surface area contributed by atoms with Gasteiger partial charge in [-0.2, -0.15) is 0 Å². The Balaban J connectivity index is 2.45. The van der Waals surface area contributed by atoms with E-state index >= 15 is 0 Å². The molecule has 2 atom stereocenters. The summed E-state index contributed by atoms with van der Waals surface area (Å²) in [4.78, 5) is 16.4. The van der Waals surface area contributed by atoms with Gasteiger partial charge in [0.15, 0.2) is 0 Å². The summed E-state index contributed by atoms with van der Waals surface area (Å²) < 4.78 is 5.41. The van der Waals surface area contributed by atoms with Crippen LogP contribution in [-0.2, 0) is 4.74 Å². The zero-order valence-electron chi connectivity index (χ0n) is 13.9. The average molecular weight is 285 g/mol. The predicted molar refractivity (Wildman–Crippen MR) is 82.0 cm³/mol. The first-order chi connectivity index (χ1) is 9.25. The molecule has 0 aromatic rings. The maximum absolute atomic E-state index is 12.3. The minimum absolute atomic E-state index is 0.0518. The molecule has 2 amide bonds. The molecule has 0 aliphatic carbocycles. The van der Waals surface area contributed by atoms with Crippen LogP contribution in [0.2, 0.25) is 0 Å². The molecule has 1 N–H and O–H groups in total. The summed E-state index contributed by atoms with van der Waals surface area (Å²) in [5.74, 6) is 0. The van der Waals surface area contributed by atoms with Crippen LogP contribution >= 0.6 is 0 Å². The summed E-state index contributed by atoms with van der Waals surface area (Å²) in [6.45, 7) is 7.79. The van der Waals surface area contributed by atoms with Gasteiger partial charge in [-0.25, -0.2) is 4.79 Å². The summed E-state index contributed by atoms with van der Waals surface area (Å²) in [6.07, 6.45) is 3.05. The Morgan fingerprint density at radius 3 is 2.70 bits per heavy atom. The lowest BCUT2D eigenvalue weighted by Gasteiger charge is -2.37. The fraction of sp³-hybridized carbons (Fsp3) is 0.933. The number of piperidine rings is 1. The maximum atomic E-state index is 12.3. The third-order valence-electron chi connectivity index (χ3n) is 4.13. The number of nitrogens with one attached hydrogen (secondary N) is 1. The van der Waals surface area contributed by atoms with E-state index in [9.17, 15) is 4.79 Å². The molecule has 118 valence electrons. The van der Waals surface area contributed by atoms with E-state index in [0.717, 1.165) is 25.9 Å². The minimum atomic E-state index is -0.208. The number of urea groups is 1. The van der Waals surface area contributed by atoms with E-state index in [1.165, 1.54) is 6.42 Å². The molecular weight excluding hydrogens is 254 g/mol. The Bertz CT molecular complexity index is 318. The molecule has 0 radical (unpaired) electrons. The first kappa shape index (κ1) is 17.2. The predicted octanol–water partition coefficient (Wildman–Crippen LogP) is 1.93. The second kappa shape index (κ2) is 7.27. The van der Waals surface area contributed by atoms with E-state index in [0.29, 0.717) is 6.04 Å². The van der Waals surface area contributed by atoms with Crippen LogP contribution in [0.5, 0.6) is 0 Å². The van der Waals surface area contributed by atoms with E-state index in [1.54, 1.807) is 7.11 Å². The molecule has 5 heteroatoms. The molecule has 1 saturated heterocycles. The van der Waals surface area contributed by atoms with E-state index in [-0.39, 0.29) is 17.7 Å². The van der Waals surface area contributed by atoms with Gasteiger partial charge in [0, 0.05) is 32.3 Å². The van der Waals surface area contributed by atoms with Crippen molar-refractivity contribution in [3.05, 3.63) is 0 Å². The zero-order chi connectivity index (χ0) is 15.3. The standard InChI is InChI=1S/C15H31N3O2/c1-12(10-15(2,3)20-6)16-14(19)18-9-7-8-13(11-18)17(4)5/h12-13H,7-11H2,1-6H3,(H,16,19)/t12-,13-/m1/s1. The van der Waals surface area contributed by atoms with Crippen LogP contribution < -0.4 is 5.32 Å². The lowest BCUT2D eigenvalue weighted by Crippen LogP contribution is -2.52. The first-order valence-corrected chi connectivity index (χ1v) is 7.52. The summed E-state index contributed by atoms with van der Waals surface area (Å²) in [6, 6.07) is 0.633. The lowest BCUT2D eigenvalue weighted by molar-refractivity contribution is 0.00896. The Kier molecular flexibility index (Phi) is 6.27. The van der Waals surface area contributed by atoms with Gasteiger partial charge in [-0.3, -0.25) is 0 Å². The van der Waals surface area contributed by atoms with Crippen LogP contribution in [0, 0.1) is 0 Å². The summed E-state index contributed by atoms with van der Waals surface area (Å²) in [7, 11) is 5.87. The van der Waals surface area contributed by atoms with Crippen molar-refractivity contribution < 1.29 is 9.53 Å². The summed E-state index contributed by atoms with van der Waals surface area (Å²) >= 11 is 0. The number of likely N-dealkylation sites (N-methyl/N-ethyl adjacent to an activating group) is 1. The Morgan fingerprint density at radius 2 is 2.15 bits per heavy atom. The van der Waals surface area contributed by atoms with Crippen molar-refractivity contribution in [2.24, 2.45) is 0 Å². The SMILES string of the molecule is COC(C)(C)C[C@@H](C)NC(=O)N1CCC[C@@H](N(C)C)C1. The molecule has 5 nitrogen and oxygen atoms in total. The molecular formula is C15H31N3O2. The van der Waals surface area contributed by atoms with Crippen LogP contribution in [0.3, 0.4) is 0 Å². The van der Waals surface area contributed by atoms with Gasteiger partial charge < -0.3 is 19.9 Å².